The summed E-state index contributed by atoms with van der Waals surface area (Å²) in [6.45, 7) is 2.23. The number of unbranched alkanes of at least 4 members (excludes halogenated alkanes) is 9. The molecule has 1 heterocycles. The van der Waals surface area contributed by atoms with Gasteiger partial charge < -0.3 is 14.6 Å². The number of aliphatic hydroxyl groups is 1. The number of rotatable bonds is 17. The van der Waals surface area contributed by atoms with Crippen molar-refractivity contribution in [3.63, 3.8) is 0 Å². The van der Waals surface area contributed by atoms with Crippen LogP contribution in [0.25, 0.3) is 0 Å². The van der Waals surface area contributed by atoms with Crippen molar-refractivity contribution in [3.8, 4) is 0 Å². The van der Waals surface area contributed by atoms with Crippen molar-refractivity contribution < 1.29 is 24.2 Å². The van der Waals surface area contributed by atoms with Gasteiger partial charge in [0, 0.05) is 18.1 Å². The number of ether oxygens (including phenoxy) is 2. The Morgan fingerprint density at radius 2 is 1.59 bits per heavy atom. The zero-order valence-electron chi connectivity index (χ0n) is 19.6. The number of carbonyl (C=O) groups is 2. The third kappa shape index (κ3) is 10.4. The largest absolute Gasteiger partial charge is 0.458 e. The number of hydrogen-bond donors (Lipinski definition) is 1. The first kappa shape index (κ1) is 26.1. The summed E-state index contributed by atoms with van der Waals surface area (Å²) in [6, 6.07) is 10.0. The van der Waals surface area contributed by atoms with E-state index in [2.05, 4.69) is 6.92 Å². The average Bonchev–Trinajstić information content (AvgIpc) is 3.12. The minimum absolute atomic E-state index is 0.301. The molecule has 5 nitrogen and oxygen atoms in total. The number of aryl methyl sites for hydroxylation is 1. The Labute approximate surface area is 193 Å². The van der Waals surface area contributed by atoms with Crippen LogP contribution in [0.3, 0.4) is 0 Å². The number of cyclic esters (lactones) is 1. The maximum absolute atomic E-state index is 12.4. The molecule has 178 valence electrons. The molecule has 1 aliphatic heterocycles. The quantitative estimate of drug-likeness (QED) is 0.234. The minimum Gasteiger partial charge on any atom is -0.458 e. The molecule has 0 amide bonds. The Balaban J connectivity index is 1.70. The van der Waals surface area contributed by atoms with Gasteiger partial charge in [0.05, 0.1) is 0 Å². The molecule has 1 aromatic carbocycles. The van der Waals surface area contributed by atoms with E-state index < -0.39 is 18.4 Å². The van der Waals surface area contributed by atoms with Crippen LogP contribution in [-0.4, -0.2) is 29.4 Å². The molecule has 0 radical (unpaired) electrons. The van der Waals surface area contributed by atoms with Gasteiger partial charge in [0.15, 0.2) is 0 Å². The summed E-state index contributed by atoms with van der Waals surface area (Å²) in [4.78, 5) is 23.9. The molecule has 1 aromatic rings. The third-order valence-corrected chi connectivity index (χ3v) is 5.95. The molecule has 0 fully saturated rings. The van der Waals surface area contributed by atoms with Crippen molar-refractivity contribution in [1.82, 2.24) is 0 Å². The molecule has 0 saturated heterocycles. The van der Waals surface area contributed by atoms with E-state index in [1.807, 2.05) is 30.3 Å². The molecule has 2 atom stereocenters. The lowest BCUT2D eigenvalue weighted by molar-refractivity contribution is -0.154. The standard InChI is InChI=1S/C27H40O5/c1-2-3-4-5-6-7-8-9-10-14-19-24(23-21-26(29)32-27(23)30)31-25(28)20-15-18-22-16-12-11-13-17-22/h11-13,16-17,21,24,27,30H,2-10,14-15,18-20H2,1H3. The molecule has 2 rings (SSSR count). The van der Waals surface area contributed by atoms with Gasteiger partial charge in [-0.15, -0.1) is 0 Å². The number of aliphatic hydroxyl groups excluding tert-OH is 1. The molecule has 0 aliphatic carbocycles. The van der Waals surface area contributed by atoms with Gasteiger partial charge in [-0.3, -0.25) is 4.79 Å². The van der Waals surface area contributed by atoms with Gasteiger partial charge >= 0.3 is 11.9 Å². The van der Waals surface area contributed by atoms with E-state index in [0.717, 1.165) is 25.7 Å². The van der Waals surface area contributed by atoms with E-state index in [1.54, 1.807) is 0 Å². The van der Waals surface area contributed by atoms with Crippen LogP contribution in [0.5, 0.6) is 0 Å². The first-order valence-electron chi connectivity index (χ1n) is 12.4. The van der Waals surface area contributed by atoms with Crippen LogP contribution in [0, 0.1) is 0 Å². The molecule has 2 unspecified atom stereocenters. The molecule has 0 saturated carbocycles. The number of esters is 2. The Morgan fingerprint density at radius 3 is 2.19 bits per heavy atom. The predicted octanol–water partition coefficient (Wildman–Crippen LogP) is 6.03. The summed E-state index contributed by atoms with van der Waals surface area (Å²) >= 11 is 0. The first-order valence-corrected chi connectivity index (χ1v) is 12.4. The van der Waals surface area contributed by atoms with E-state index in [-0.39, 0.29) is 5.97 Å². The van der Waals surface area contributed by atoms with Crippen molar-refractivity contribution in [3.05, 3.63) is 47.5 Å². The van der Waals surface area contributed by atoms with Crippen LogP contribution in [-0.2, 0) is 25.5 Å². The van der Waals surface area contributed by atoms with Gasteiger partial charge in [-0.05, 0) is 31.2 Å². The van der Waals surface area contributed by atoms with Crippen LogP contribution >= 0.6 is 0 Å². The number of hydrogen-bond acceptors (Lipinski definition) is 5. The molecule has 0 bridgehead atoms. The Hall–Kier alpha value is -2.14. The van der Waals surface area contributed by atoms with Crippen molar-refractivity contribution in [2.75, 3.05) is 0 Å². The summed E-state index contributed by atoms with van der Waals surface area (Å²) in [7, 11) is 0. The van der Waals surface area contributed by atoms with Gasteiger partial charge in [0.1, 0.15) is 6.10 Å². The lowest BCUT2D eigenvalue weighted by Crippen LogP contribution is -2.26. The maximum atomic E-state index is 12.4. The van der Waals surface area contributed by atoms with E-state index in [9.17, 15) is 14.7 Å². The zero-order chi connectivity index (χ0) is 23.0. The molecule has 5 heteroatoms. The van der Waals surface area contributed by atoms with Crippen molar-refractivity contribution in [2.45, 2.75) is 109 Å². The summed E-state index contributed by atoms with van der Waals surface area (Å²) in [5.74, 6) is -0.883. The zero-order valence-corrected chi connectivity index (χ0v) is 19.6. The van der Waals surface area contributed by atoms with E-state index in [1.165, 1.54) is 56.6 Å². The Kier molecular flexibility index (Phi) is 12.8. The molecule has 0 aromatic heterocycles. The van der Waals surface area contributed by atoms with E-state index in [4.69, 9.17) is 9.47 Å². The van der Waals surface area contributed by atoms with Crippen LogP contribution in [0.4, 0.5) is 0 Å². The van der Waals surface area contributed by atoms with Gasteiger partial charge in [-0.25, -0.2) is 4.79 Å². The van der Waals surface area contributed by atoms with E-state index in [0.29, 0.717) is 24.8 Å². The highest BCUT2D eigenvalue weighted by atomic mass is 16.6. The average molecular weight is 445 g/mol. The molecule has 1 N–H and O–H groups in total. The lowest BCUT2D eigenvalue weighted by Gasteiger charge is -2.20. The van der Waals surface area contributed by atoms with Gasteiger partial charge in [-0.2, -0.15) is 0 Å². The summed E-state index contributed by atoms with van der Waals surface area (Å²) < 4.78 is 10.5. The maximum Gasteiger partial charge on any atom is 0.333 e. The van der Waals surface area contributed by atoms with Crippen LogP contribution < -0.4 is 0 Å². The molecular weight excluding hydrogens is 404 g/mol. The molecule has 0 spiro atoms. The monoisotopic (exact) mass is 444 g/mol. The second kappa shape index (κ2) is 15.6. The molecular formula is C27H40O5. The second-order valence-corrected chi connectivity index (χ2v) is 8.72. The van der Waals surface area contributed by atoms with Crippen molar-refractivity contribution in [1.29, 1.82) is 0 Å². The van der Waals surface area contributed by atoms with Gasteiger partial charge in [-0.1, -0.05) is 95.0 Å². The topological polar surface area (TPSA) is 72.8 Å². The normalized spacial score (nSPS) is 16.5. The highest BCUT2D eigenvalue weighted by Crippen LogP contribution is 2.25. The minimum atomic E-state index is -1.31. The molecule has 1 aliphatic rings. The highest BCUT2D eigenvalue weighted by molar-refractivity contribution is 5.86. The first-order chi connectivity index (χ1) is 15.6. The number of benzene rings is 1. The molecule has 32 heavy (non-hydrogen) atoms. The van der Waals surface area contributed by atoms with Crippen LogP contribution in [0.2, 0.25) is 0 Å². The fourth-order valence-electron chi connectivity index (χ4n) is 4.08. The van der Waals surface area contributed by atoms with Gasteiger partial charge in [0.2, 0.25) is 6.29 Å². The summed E-state index contributed by atoms with van der Waals surface area (Å²) in [6.07, 6.45) is 13.9. The lowest BCUT2D eigenvalue weighted by atomic mass is 10.0. The SMILES string of the molecule is CCCCCCCCCCCCC(OC(=O)CCCc1ccccc1)C1=CC(=O)OC1O. The van der Waals surface area contributed by atoms with Crippen molar-refractivity contribution >= 4 is 11.9 Å². The number of carbonyl (C=O) groups excluding carboxylic acids is 2. The van der Waals surface area contributed by atoms with Crippen LogP contribution in [0.1, 0.15) is 96.0 Å². The smallest absolute Gasteiger partial charge is 0.333 e. The predicted molar refractivity (Wildman–Crippen MR) is 126 cm³/mol. The van der Waals surface area contributed by atoms with Gasteiger partial charge in [0.25, 0.3) is 0 Å². The van der Waals surface area contributed by atoms with Crippen LogP contribution in [0.15, 0.2) is 42.0 Å². The fraction of sp³-hybridized carbons (Fsp3) is 0.630. The Morgan fingerprint density at radius 1 is 0.969 bits per heavy atom. The fourth-order valence-corrected chi connectivity index (χ4v) is 4.08. The third-order valence-electron chi connectivity index (χ3n) is 5.95. The summed E-state index contributed by atoms with van der Waals surface area (Å²) in [5, 5.41) is 10.0. The van der Waals surface area contributed by atoms with E-state index >= 15 is 0 Å². The summed E-state index contributed by atoms with van der Waals surface area (Å²) in [5.41, 5.74) is 1.55. The second-order valence-electron chi connectivity index (χ2n) is 8.72. The Bertz CT molecular complexity index is 697. The van der Waals surface area contributed by atoms with Crippen molar-refractivity contribution in [2.24, 2.45) is 0 Å². The highest BCUT2D eigenvalue weighted by Gasteiger charge is 2.32.